The molecule has 0 bridgehead atoms. The van der Waals surface area contributed by atoms with Crippen LogP contribution < -0.4 is 5.32 Å². The van der Waals surface area contributed by atoms with Gasteiger partial charge in [0, 0.05) is 22.4 Å². The van der Waals surface area contributed by atoms with Crippen LogP contribution in [0.4, 0.5) is 5.69 Å². The second kappa shape index (κ2) is 8.53. The van der Waals surface area contributed by atoms with Gasteiger partial charge in [0.1, 0.15) is 6.54 Å². The number of nitrogens with one attached hydrogen (secondary N) is 1. The van der Waals surface area contributed by atoms with E-state index in [4.69, 9.17) is 0 Å². The first-order valence-corrected chi connectivity index (χ1v) is 9.57. The number of anilines is 1. The molecule has 1 amide bonds. The molecule has 1 N–H and O–H groups in total. The molecule has 0 unspecified atom stereocenters. The van der Waals surface area contributed by atoms with E-state index in [1.54, 1.807) is 28.9 Å². The fraction of sp³-hybridized carbons (Fsp3) is 0.0833. The third-order valence-electron chi connectivity index (χ3n) is 4.60. The summed E-state index contributed by atoms with van der Waals surface area (Å²) in [5.74, 6) is 0.938. The van der Waals surface area contributed by atoms with Gasteiger partial charge in [-0.05, 0) is 31.2 Å². The van der Waals surface area contributed by atoms with Crippen molar-refractivity contribution in [1.29, 1.82) is 0 Å². The molecule has 6 nitrogen and oxygen atoms in total. The first-order valence-electron chi connectivity index (χ1n) is 9.57. The number of carbonyl (C=O) groups excluding carboxylic acids is 2. The monoisotopic (exact) mass is 396 g/mol. The van der Waals surface area contributed by atoms with Crippen LogP contribution in [0.5, 0.6) is 0 Å². The maximum absolute atomic E-state index is 12.7. The van der Waals surface area contributed by atoms with Crippen molar-refractivity contribution < 1.29 is 9.59 Å². The number of nitrogens with zero attached hydrogens (tertiary/aromatic N) is 3. The summed E-state index contributed by atoms with van der Waals surface area (Å²) >= 11 is 0. The molecule has 148 valence electrons. The Morgan fingerprint density at radius 1 is 0.833 bits per heavy atom. The second-order valence-corrected chi connectivity index (χ2v) is 6.83. The molecule has 4 rings (SSSR count). The number of carbonyl (C=O) groups is 2. The molecule has 0 fully saturated rings. The van der Waals surface area contributed by atoms with Crippen LogP contribution in [0.25, 0.3) is 22.8 Å². The molecule has 3 aromatic carbocycles. The molecule has 0 atom stereocenters. The van der Waals surface area contributed by atoms with Crippen molar-refractivity contribution in [2.45, 2.75) is 13.5 Å². The molecule has 0 aliphatic carbocycles. The van der Waals surface area contributed by atoms with Gasteiger partial charge >= 0.3 is 0 Å². The molecular formula is C24H20N4O2. The van der Waals surface area contributed by atoms with Crippen LogP contribution >= 0.6 is 0 Å². The van der Waals surface area contributed by atoms with Crippen LogP contribution in [-0.4, -0.2) is 26.5 Å². The molecule has 1 heterocycles. The van der Waals surface area contributed by atoms with Gasteiger partial charge in [-0.25, -0.2) is 9.67 Å². The molecule has 0 aliphatic heterocycles. The van der Waals surface area contributed by atoms with E-state index in [1.807, 2.05) is 60.7 Å². The highest BCUT2D eigenvalue weighted by Crippen LogP contribution is 2.22. The zero-order chi connectivity index (χ0) is 20.9. The van der Waals surface area contributed by atoms with Gasteiger partial charge in [-0.3, -0.25) is 9.59 Å². The van der Waals surface area contributed by atoms with E-state index in [1.165, 1.54) is 6.92 Å². The average molecular weight is 396 g/mol. The smallest absolute Gasteiger partial charge is 0.246 e. The van der Waals surface area contributed by atoms with Crippen LogP contribution in [-0.2, 0) is 11.3 Å². The minimum Gasteiger partial charge on any atom is -0.324 e. The lowest BCUT2D eigenvalue weighted by atomic mass is 10.1. The van der Waals surface area contributed by atoms with Gasteiger partial charge in [-0.1, -0.05) is 60.7 Å². The van der Waals surface area contributed by atoms with Crippen molar-refractivity contribution in [2.24, 2.45) is 0 Å². The van der Waals surface area contributed by atoms with Crippen LogP contribution in [0.15, 0.2) is 84.9 Å². The first-order chi connectivity index (χ1) is 14.6. The summed E-state index contributed by atoms with van der Waals surface area (Å²) in [6.45, 7) is 1.52. The summed E-state index contributed by atoms with van der Waals surface area (Å²) in [4.78, 5) is 28.7. The van der Waals surface area contributed by atoms with Gasteiger partial charge in [0.25, 0.3) is 0 Å². The maximum atomic E-state index is 12.7. The van der Waals surface area contributed by atoms with Gasteiger partial charge in [0.2, 0.25) is 5.91 Å². The predicted octanol–water partition coefficient (Wildman–Crippen LogP) is 4.45. The lowest BCUT2D eigenvalue weighted by molar-refractivity contribution is -0.116. The third kappa shape index (κ3) is 4.33. The van der Waals surface area contributed by atoms with E-state index in [2.05, 4.69) is 15.4 Å². The Kier molecular flexibility index (Phi) is 5.48. The molecule has 0 radical (unpaired) electrons. The van der Waals surface area contributed by atoms with Crippen molar-refractivity contribution >= 4 is 17.4 Å². The number of hydrogen-bond acceptors (Lipinski definition) is 4. The third-order valence-corrected chi connectivity index (χ3v) is 4.60. The van der Waals surface area contributed by atoms with Crippen molar-refractivity contribution in [2.75, 3.05) is 5.32 Å². The van der Waals surface area contributed by atoms with Crippen LogP contribution in [0, 0.1) is 0 Å². The van der Waals surface area contributed by atoms with Crippen LogP contribution in [0.3, 0.4) is 0 Å². The zero-order valence-corrected chi connectivity index (χ0v) is 16.4. The van der Waals surface area contributed by atoms with Crippen LogP contribution in [0.1, 0.15) is 17.3 Å². The summed E-state index contributed by atoms with van der Waals surface area (Å²) < 4.78 is 1.61. The Labute approximate surface area is 174 Å². The molecule has 4 aromatic rings. The summed E-state index contributed by atoms with van der Waals surface area (Å²) in [6.07, 6.45) is 0. The number of hydrogen-bond donors (Lipinski definition) is 1. The molecule has 30 heavy (non-hydrogen) atoms. The first kappa shape index (κ1) is 19.3. The minimum absolute atomic E-state index is 0.0124. The van der Waals surface area contributed by atoms with E-state index in [0.29, 0.717) is 22.9 Å². The number of aromatic nitrogens is 3. The SMILES string of the molecule is CC(=O)c1ccc(NC(=O)Cn2nc(-c3ccccc3)nc2-c2ccccc2)cc1. The molecule has 1 aromatic heterocycles. The van der Waals surface area contributed by atoms with E-state index in [9.17, 15) is 9.59 Å². The van der Waals surface area contributed by atoms with Gasteiger partial charge in [-0.2, -0.15) is 0 Å². The number of benzene rings is 3. The second-order valence-electron chi connectivity index (χ2n) is 6.83. The Morgan fingerprint density at radius 3 is 2.03 bits per heavy atom. The van der Waals surface area contributed by atoms with Crippen LogP contribution in [0.2, 0.25) is 0 Å². The van der Waals surface area contributed by atoms with Crippen molar-refractivity contribution in [3.63, 3.8) is 0 Å². The Balaban J connectivity index is 1.60. The Morgan fingerprint density at radius 2 is 1.43 bits per heavy atom. The van der Waals surface area contributed by atoms with E-state index >= 15 is 0 Å². The van der Waals surface area contributed by atoms with Crippen molar-refractivity contribution in [3.05, 3.63) is 90.5 Å². The van der Waals surface area contributed by atoms with E-state index in [0.717, 1.165) is 11.1 Å². The predicted molar refractivity (Wildman–Crippen MR) is 116 cm³/mol. The van der Waals surface area contributed by atoms with E-state index in [-0.39, 0.29) is 18.2 Å². The Bertz CT molecular complexity index is 1170. The summed E-state index contributed by atoms with van der Waals surface area (Å²) in [5.41, 5.74) is 2.98. The number of amides is 1. The summed E-state index contributed by atoms with van der Waals surface area (Å²) in [5, 5.41) is 7.42. The Hall–Kier alpha value is -4.06. The van der Waals surface area contributed by atoms with Crippen molar-refractivity contribution in [1.82, 2.24) is 14.8 Å². The highest BCUT2D eigenvalue weighted by atomic mass is 16.2. The fourth-order valence-corrected chi connectivity index (χ4v) is 3.09. The standard InChI is InChI=1S/C24H20N4O2/c1-17(29)18-12-14-21(15-13-18)25-22(30)16-28-24(20-10-6-3-7-11-20)26-23(27-28)19-8-4-2-5-9-19/h2-15H,16H2,1H3,(H,25,30). The van der Waals surface area contributed by atoms with E-state index < -0.39 is 0 Å². The molecule has 0 saturated heterocycles. The molecule has 0 spiro atoms. The normalized spacial score (nSPS) is 10.6. The molecular weight excluding hydrogens is 376 g/mol. The summed E-state index contributed by atoms with van der Waals surface area (Å²) in [7, 11) is 0. The van der Waals surface area contributed by atoms with Gasteiger partial charge in [0.05, 0.1) is 0 Å². The zero-order valence-electron chi connectivity index (χ0n) is 16.4. The largest absolute Gasteiger partial charge is 0.324 e. The lowest BCUT2D eigenvalue weighted by Gasteiger charge is -2.08. The average Bonchev–Trinajstić information content (AvgIpc) is 3.19. The fourth-order valence-electron chi connectivity index (χ4n) is 3.09. The lowest BCUT2D eigenvalue weighted by Crippen LogP contribution is -2.20. The topological polar surface area (TPSA) is 76.9 Å². The molecule has 0 aliphatic rings. The number of rotatable bonds is 6. The van der Waals surface area contributed by atoms with Gasteiger partial charge in [0.15, 0.2) is 17.4 Å². The van der Waals surface area contributed by atoms with Gasteiger partial charge in [-0.15, -0.1) is 5.10 Å². The number of Topliss-reactive ketones (excluding diaryl/α,β-unsaturated/α-hetero) is 1. The van der Waals surface area contributed by atoms with Crippen molar-refractivity contribution in [3.8, 4) is 22.8 Å². The highest BCUT2D eigenvalue weighted by molar-refractivity contribution is 5.95. The quantitative estimate of drug-likeness (QED) is 0.489. The minimum atomic E-state index is -0.229. The molecule has 6 heteroatoms. The van der Waals surface area contributed by atoms with Gasteiger partial charge < -0.3 is 5.32 Å². The molecule has 0 saturated carbocycles. The maximum Gasteiger partial charge on any atom is 0.246 e. The number of ketones is 1. The highest BCUT2D eigenvalue weighted by Gasteiger charge is 2.16. The summed E-state index contributed by atoms with van der Waals surface area (Å²) in [6, 6.07) is 26.1.